The summed E-state index contributed by atoms with van der Waals surface area (Å²) in [5.41, 5.74) is 1.32. The second-order valence-electron chi connectivity index (χ2n) is 4.29. The van der Waals surface area contributed by atoms with E-state index in [1.165, 1.54) is 49.2 Å². The predicted octanol–water partition coefficient (Wildman–Crippen LogP) is 3.43. The summed E-state index contributed by atoms with van der Waals surface area (Å²) in [4.78, 5) is 0. The Morgan fingerprint density at radius 3 is 2.73 bits per heavy atom. The van der Waals surface area contributed by atoms with E-state index in [0.717, 1.165) is 6.42 Å². The van der Waals surface area contributed by atoms with E-state index in [0.29, 0.717) is 4.58 Å². The standard InChI is InChI=1S/C12H20OS2/c13-11(12-14-8-5-9-15-12)10-6-3-1-2-4-7-10/h6,11-13H,1-5,7-9H2. The van der Waals surface area contributed by atoms with Gasteiger partial charge in [0.2, 0.25) is 0 Å². The molecule has 0 radical (unpaired) electrons. The second kappa shape index (κ2) is 6.21. The van der Waals surface area contributed by atoms with Gasteiger partial charge in [0.05, 0.1) is 10.7 Å². The Kier molecular flexibility index (Phi) is 4.92. The molecule has 0 amide bonds. The molecule has 1 aliphatic carbocycles. The molecule has 1 N–H and O–H groups in total. The Morgan fingerprint density at radius 1 is 1.13 bits per heavy atom. The minimum Gasteiger partial charge on any atom is -0.387 e. The Balaban J connectivity index is 1.92. The van der Waals surface area contributed by atoms with Crippen LogP contribution in [0.2, 0.25) is 0 Å². The van der Waals surface area contributed by atoms with Gasteiger partial charge in [0.1, 0.15) is 0 Å². The van der Waals surface area contributed by atoms with Gasteiger partial charge in [0.25, 0.3) is 0 Å². The number of aliphatic hydroxyl groups excluding tert-OH is 1. The number of allylic oxidation sites excluding steroid dienone is 1. The number of aliphatic hydroxyl groups is 1. The molecule has 2 rings (SSSR count). The van der Waals surface area contributed by atoms with E-state index in [2.05, 4.69) is 6.08 Å². The number of hydrogen-bond donors (Lipinski definition) is 1. The zero-order valence-electron chi connectivity index (χ0n) is 9.15. The van der Waals surface area contributed by atoms with Crippen molar-refractivity contribution in [1.82, 2.24) is 0 Å². The molecular formula is C12H20OS2. The van der Waals surface area contributed by atoms with Gasteiger partial charge in [0, 0.05) is 0 Å². The van der Waals surface area contributed by atoms with Gasteiger partial charge in [-0.3, -0.25) is 0 Å². The Morgan fingerprint density at radius 2 is 1.93 bits per heavy atom. The molecule has 0 saturated carbocycles. The third-order valence-electron chi connectivity index (χ3n) is 3.07. The Labute approximate surface area is 101 Å². The number of thioether (sulfide) groups is 2. The Hall–Kier alpha value is 0.400. The molecule has 0 aromatic carbocycles. The molecule has 15 heavy (non-hydrogen) atoms. The van der Waals surface area contributed by atoms with E-state index in [1.54, 1.807) is 0 Å². The SMILES string of the molecule is OC(C1=CCCCCC1)C1SCCCS1. The minimum absolute atomic E-state index is 0.182. The molecule has 86 valence electrons. The summed E-state index contributed by atoms with van der Waals surface area (Å²) in [6.45, 7) is 0. The molecule has 3 heteroatoms. The van der Waals surface area contributed by atoms with Crippen LogP contribution in [0.5, 0.6) is 0 Å². The largest absolute Gasteiger partial charge is 0.387 e. The molecule has 1 atom stereocenters. The molecule has 1 fully saturated rings. The van der Waals surface area contributed by atoms with Crippen LogP contribution < -0.4 is 0 Å². The van der Waals surface area contributed by atoms with E-state index >= 15 is 0 Å². The first kappa shape index (κ1) is 11.9. The highest BCUT2D eigenvalue weighted by Gasteiger charge is 2.25. The third kappa shape index (κ3) is 3.43. The highest BCUT2D eigenvalue weighted by Crippen LogP contribution is 2.36. The van der Waals surface area contributed by atoms with Crippen LogP contribution in [0.1, 0.15) is 38.5 Å². The first-order chi connectivity index (χ1) is 7.38. The monoisotopic (exact) mass is 244 g/mol. The molecule has 1 heterocycles. The predicted molar refractivity (Wildman–Crippen MR) is 70.5 cm³/mol. The maximum Gasteiger partial charge on any atom is 0.0960 e. The summed E-state index contributed by atoms with van der Waals surface area (Å²) in [6, 6.07) is 0. The van der Waals surface area contributed by atoms with Gasteiger partial charge in [-0.05, 0) is 49.2 Å². The van der Waals surface area contributed by atoms with Gasteiger partial charge in [-0.1, -0.05) is 12.5 Å². The van der Waals surface area contributed by atoms with Crippen molar-refractivity contribution < 1.29 is 5.11 Å². The molecule has 0 bridgehead atoms. The summed E-state index contributed by atoms with van der Waals surface area (Å²) >= 11 is 3.89. The summed E-state index contributed by atoms with van der Waals surface area (Å²) in [7, 11) is 0. The van der Waals surface area contributed by atoms with Crippen molar-refractivity contribution in [2.24, 2.45) is 0 Å². The van der Waals surface area contributed by atoms with Crippen molar-refractivity contribution in [1.29, 1.82) is 0 Å². The smallest absolute Gasteiger partial charge is 0.0960 e. The molecule has 0 aromatic heterocycles. The first-order valence-electron chi connectivity index (χ1n) is 5.98. The van der Waals surface area contributed by atoms with Gasteiger partial charge in [-0.2, -0.15) is 0 Å². The van der Waals surface area contributed by atoms with Crippen molar-refractivity contribution in [2.45, 2.75) is 49.2 Å². The topological polar surface area (TPSA) is 20.2 Å². The van der Waals surface area contributed by atoms with Crippen LogP contribution in [-0.2, 0) is 0 Å². The highest BCUT2D eigenvalue weighted by molar-refractivity contribution is 8.17. The lowest BCUT2D eigenvalue weighted by Gasteiger charge is -2.27. The molecule has 1 nitrogen and oxygen atoms in total. The minimum atomic E-state index is -0.182. The van der Waals surface area contributed by atoms with Gasteiger partial charge in [-0.15, -0.1) is 23.5 Å². The zero-order valence-corrected chi connectivity index (χ0v) is 10.8. The molecular weight excluding hydrogens is 224 g/mol. The first-order valence-corrected chi connectivity index (χ1v) is 8.08. The maximum absolute atomic E-state index is 10.3. The molecule has 0 spiro atoms. The van der Waals surface area contributed by atoms with Crippen molar-refractivity contribution in [2.75, 3.05) is 11.5 Å². The van der Waals surface area contributed by atoms with E-state index in [1.807, 2.05) is 23.5 Å². The van der Waals surface area contributed by atoms with E-state index in [9.17, 15) is 5.11 Å². The zero-order chi connectivity index (χ0) is 10.5. The van der Waals surface area contributed by atoms with Crippen molar-refractivity contribution in [3.8, 4) is 0 Å². The van der Waals surface area contributed by atoms with Gasteiger partial charge in [-0.25, -0.2) is 0 Å². The van der Waals surface area contributed by atoms with Crippen LogP contribution >= 0.6 is 23.5 Å². The lowest BCUT2D eigenvalue weighted by atomic mass is 10.1. The van der Waals surface area contributed by atoms with Gasteiger partial charge in [0.15, 0.2) is 0 Å². The molecule has 1 saturated heterocycles. The summed E-state index contributed by atoms with van der Waals surface area (Å²) in [6.07, 6.45) is 9.63. The van der Waals surface area contributed by atoms with Crippen LogP contribution in [-0.4, -0.2) is 27.3 Å². The average molecular weight is 244 g/mol. The fraction of sp³-hybridized carbons (Fsp3) is 0.833. The molecule has 1 unspecified atom stereocenters. The highest BCUT2D eigenvalue weighted by atomic mass is 32.2. The normalized spacial score (nSPS) is 26.9. The summed E-state index contributed by atoms with van der Waals surface area (Å²) in [5, 5.41) is 10.3. The third-order valence-corrected chi connectivity index (χ3v) is 6.10. The van der Waals surface area contributed by atoms with Gasteiger partial charge < -0.3 is 5.11 Å². The van der Waals surface area contributed by atoms with E-state index in [4.69, 9.17) is 0 Å². The van der Waals surface area contributed by atoms with Crippen LogP contribution in [0, 0.1) is 0 Å². The second-order valence-corrected chi connectivity index (χ2v) is 7.08. The van der Waals surface area contributed by atoms with Crippen molar-refractivity contribution in [3.63, 3.8) is 0 Å². The van der Waals surface area contributed by atoms with Crippen LogP contribution in [0.25, 0.3) is 0 Å². The summed E-state index contributed by atoms with van der Waals surface area (Å²) in [5.74, 6) is 2.45. The van der Waals surface area contributed by atoms with E-state index < -0.39 is 0 Å². The van der Waals surface area contributed by atoms with E-state index in [-0.39, 0.29) is 6.10 Å². The number of hydrogen-bond acceptors (Lipinski definition) is 3. The quantitative estimate of drug-likeness (QED) is 0.752. The Bertz CT molecular complexity index is 222. The molecule has 2 aliphatic rings. The maximum atomic E-state index is 10.3. The number of rotatable bonds is 2. The van der Waals surface area contributed by atoms with Crippen LogP contribution in [0.4, 0.5) is 0 Å². The van der Waals surface area contributed by atoms with Crippen LogP contribution in [0.15, 0.2) is 11.6 Å². The fourth-order valence-corrected chi connectivity index (χ4v) is 5.12. The fourth-order valence-electron chi connectivity index (χ4n) is 2.17. The van der Waals surface area contributed by atoms with Crippen LogP contribution in [0.3, 0.4) is 0 Å². The van der Waals surface area contributed by atoms with Crippen molar-refractivity contribution >= 4 is 23.5 Å². The molecule has 0 aromatic rings. The average Bonchev–Trinajstić information content (AvgIpc) is 2.58. The van der Waals surface area contributed by atoms with Gasteiger partial charge >= 0.3 is 0 Å². The van der Waals surface area contributed by atoms with Crippen molar-refractivity contribution in [3.05, 3.63) is 11.6 Å². The lowest BCUT2D eigenvalue weighted by Crippen LogP contribution is -2.25. The summed E-state index contributed by atoms with van der Waals surface area (Å²) < 4.78 is 0.406. The molecule has 1 aliphatic heterocycles. The lowest BCUT2D eigenvalue weighted by molar-refractivity contribution is 0.223.